The maximum absolute atomic E-state index is 6.04. The van der Waals surface area contributed by atoms with Gasteiger partial charge in [0.15, 0.2) is 0 Å². The zero-order valence-electron chi connectivity index (χ0n) is 12.4. The second-order valence-electron chi connectivity index (χ2n) is 4.09. The summed E-state index contributed by atoms with van der Waals surface area (Å²) in [5, 5.41) is 0.757. The highest BCUT2D eigenvalue weighted by Gasteiger charge is 2.10. The number of ether oxygens (including phenoxy) is 1. The van der Waals surface area contributed by atoms with Gasteiger partial charge in [-0.2, -0.15) is 0 Å². The Balaban J connectivity index is 0.000000982. The molecule has 0 unspecified atom stereocenters. The Morgan fingerprint density at radius 3 is 2.21 bits per heavy atom. The fraction of sp³-hybridized carbons (Fsp3) is 0.500. The Bertz CT molecular complexity index is 392. The number of terminal acetylenes is 1. The Hall–Kier alpha value is -1.33. The highest BCUT2D eigenvalue weighted by Crippen LogP contribution is 2.31. The van der Waals surface area contributed by atoms with E-state index in [0.717, 1.165) is 42.4 Å². The summed E-state index contributed by atoms with van der Waals surface area (Å²) in [7, 11) is 1.70. The van der Waals surface area contributed by atoms with Crippen molar-refractivity contribution in [2.75, 3.05) is 25.1 Å². The van der Waals surface area contributed by atoms with Crippen LogP contribution in [-0.4, -0.2) is 20.2 Å². The van der Waals surface area contributed by atoms with Gasteiger partial charge in [0.25, 0.3) is 0 Å². The van der Waals surface area contributed by atoms with E-state index in [2.05, 4.69) is 31.1 Å². The molecule has 0 fully saturated rings. The summed E-state index contributed by atoms with van der Waals surface area (Å²) < 4.78 is 5.37. The van der Waals surface area contributed by atoms with Crippen LogP contribution in [0.2, 0.25) is 5.02 Å². The smallest absolute Gasteiger partial charge is 0.142 e. The molecule has 1 aromatic carbocycles. The lowest BCUT2D eigenvalue weighted by Gasteiger charge is -2.25. The van der Waals surface area contributed by atoms with Gasteiger partial charge in [0.1, 0.15) is 5.75 Å². The van der Waals surface area contributed by atoms with Crippen LogP contribution in [0.3, 0.4) is 0 Å². The van der Waals surface area contributed by atoms with Crippen LogP contribution in [-0.2, 0) is 0 Å². The quantitative estimate of drug-likeness (QED) is 0.706. The van der Waals surface area contributed by atoms with Gasteiger partial charge in [-0.05, 0) is 38.0 Å². The standard InChI is InChI=1S/C13H20ClNO.C3H4/c1-4-8-15(9-5-2)12-10-11(14)6-7-13(12)16-3;1-3-2/h6-7,10H,4-5,8-9H2,1-3H3;1H,2H3. The molecule has 0 aromatic heterocycles. The molecule has 0 atom stereocenters. The van der Waals surface area contributed by atoms with Crippen LogP contribution in [0, 0.1) is 12.3 Å². The molecule has 0 aliphatic rings. The number of halogens is 1. The largest absolute Gasteiger partial charge is 0.495 e. The summed E-state index contributed by atoms with van der Waals surface area (Å²) in [6, 6.07) is 5.77. The van der Waals surface area contributed by atoms with Crippen LogP contribution in [0.15, 0.2) is 18.2 Å². The third-order valence-electron chi connectivity index (χ3n) is 2.47. The van der Waals surface area contributed by atoms with Crippen molar-refractivity contribution in [2.24, 2.45) is 0 Å². The Morgan fingerprint density at radius 1 is 1.26 bits per heavy atom. The predicted octanol–water partition coefficient (Wildman–Crippen LogP) is 4.61. The maximum atomic E-state index is 6.04. The normalized spacial score (nSPS) is 9.05. The van der Waals surface area contributed by atoms with Crippen molar-refractivity contribution in [1.82, 2.24) is 0 Å². The third-order valence-corrected chi connectivity index (χ3v) is 2.70. The first-order valence-corrected chi connectivity index (χ1v) is 6.98. The van der Waals surface area contributed by atoms with Crippen LogP contribution in [0.5, 0.6) is 5.75 Å². The maximum Gasteiger partial charge on any atom is 0.142 e. The minimum absolute atomic E-state index is 0.757. The first-order valence-electron chi connectivity index (χ1n) is 6.60. The second-order valence-corrected chi connectivity index (χ2v) is 4.53. The molecule has 2 nitrogen and oxygen atoms in total. The molecule has 0 radical (unpaired) electrons. The highest BCUT2D eigenvalue weighted by molar-refractivity contribution is 6.30. The highest BCUT2D eigenvalue weighted by atomic mass is 35.5. The zero-order valence-corrected chi connectivity index (χ0v) is 13.1. The van der Waals surface area contributed by atoms with Crippen molar-refractivity contribution in [2.45, 2.75) is 33.6 Å². The van der Waals surface area contributed by atoms with E-state index in [1.54, 1.807) is 14.0 Å². The molecule has 0 amide bonds. The van der Waals surface area contributed by atoms with Gasteiger partial charge in [0.05, 0.1) is 12.8 Å². The number of rotatable bonds is 6. The monoisotopic (exact) mass is 281 g/mol. The van der Waals surface area contributed by atoms with Gasteiger partial charge < -0.3 is 9.64 Å². The van der Waals surface area contributed by atoms with Gasteiger partial charge in [-0.1, -0.05) is 25.4 Å². The number of anilines is 1. The lowest BCUT2D eigenvalue weighted by Crippen LogP contribution is -2.25. The van der Waals surface area contributed by atoms with Crippen molar-refractivity contribution in [3.8, 4) is 18.1 Å². The molecule has 0 bridgehead atoms. The van der Waals surface area contributed by atoms with Crippen LogP contribution in [0.25, 0.3) is 0 Å². The Labute approximate surface area is 122 Å². The van der Waals surface area contributed by atoms with Crippen LogP contribution in [0.1, 0.15) is 33.6 Å². The molecule has 106 valence electrons. The molecule has 0 spiro atoms. The van der Waals surface area contributed by atoms with Crippen LogP contribution >= 0.6 is 11.6 Å². The van der Waals surface area contributed by atoms with E-state index in [-0.39, 0.29) is 0 Å². The summed E-state index contributed by atoms with van der Waals surface area (Å²) in [6.45, 7) is 8.08. The van der Waals surface area contributed by atoms with Crippen molar-refractivity contribution < 1.29 is 4.74 Å². The average molecular weight is 282 g/mol. The molecular weight excluding hydrogens is 258 g/mol. The van der Waals surface area contributed by atoms with Gasteiger partial charge >= 0.3 is 0 Å². The number of methoxy groups -OCH3 is 1. The molecule has 0 heterocycles. The van der Waals surface area contributed by atoms with E-state index in [4.69, 9.17) is 16.3 Å². The first-order chi connectivity index (χ1) is 9.14. The minimum Gasteiger partial charge on any atom is -0.495 e. The molecule has 1 aromatic rings. The van der Waals surface area contributed by atoms with Gasteiger partial charge in [-0.25, -0.2) is 0 Å². The van der Waals surface area contributed by atoms with Crippen LogP contribution < -0.4 is 9.64 Å². The van der Waals surface area contributed by atoms with Gasteiger partial charge in [-0.15, -0.1) is 12.3 Å². The third kappa shape index (κ3) is 6.40. The molecule has 0 aliphatic heterocycles. The second kappa shape index (κ2) is 10.6. The van der Waals surface area contributed by atoms with E-state index in [9.17, 15) is 0 Å². The fourth-order valence-electron chi connectivity index (χ4n) is 1.80. The van der Waals surface area contributed by atoms with Gasteiger partial charge in [-0.3, -0.25) is 0 Å². The molecular formula is C16H24ClNO. The number of nitrogens with zero attached hydrogens (tertiary/aromatic N) is 1. The minimum atomic E-state index is 0.757. The summed E-state index contributed by atoms with van der Waals surface area (Å²) in [5.74, 6) is 3.14. The van der Waals surface area contributed by atoms with Crippen molar-refractivity contribution >= 4 is 17.3 Å². The van der Waals surface area contributed by atoms with E-state index >= 15 is 0 Å². The number of benzene rings is 1. The predicted molar refractivity (Wildman–Crippen MR) is 85.3 cm³/mol. The lowest BCUT2D eigenvalue weighted by atomic mass is 10.2. The summed E-state index contributed by atoms with van der Waals surface area (Å²) in [4.78, 5) is 2.32. The molecule has 3 heteroatoms. The SMILES string of the molecule is C#CC.CCCN(CCC)c1cc(Cl)ccc1OC. The van der Waals surface area contributed by atoms with Gasteiger partial charge in [0.2, 0.25) is 0 Å². The van der Waals surface area contributed by atoms with E-state index in [1.807, 2.05) is 18.2 Å². The van der Waals surface area contributed by atoms with Crippen LogP contribution in [0.4, 0.5) is 5.69 Å². The van der Waals surface area contributed by atoms with Crippen molar-refractivity contribution in [3.05, 3.63) is 23.2 Å². The molecule has 0 N–H and O–H groups in total. The summed E-state index contributed by atoms with van der Waals surface area (Å²) in [6.07, 6.45) is 6.84. The van der Waals surface area contributed by atoms with E-state index < -0.39 is 0 Å². The zero-order chi connectivity index (χ0) is 14.7. The fourth-order valence-corrected chi connectivity index (χ4v) is 1.97. The van der Waals surface area contributed by atoms with Crippen molar-refractivity contribution in [3.63, 3.8) is 0 Å². The Morgan fingerprint density at radius 2 is 1.79 bits per heavy atom. The average Bonchev–Trinajstić information content (AvgIpc) is 2.39. The number of hydrogen-bond donors (Lipinski definition) is 0. The molecule has 0 saturated heterocycles. The summed E-state index contributed by atoms with van der Waals surface area (Å²) >= 11 is 6.04. The lowest BCUT2D eigenvalue weighted by molar-refractivity contribution is 0.414. The molecule has 0 saturated carbocycles. The number of hydrogen-bond acceptors (Lipinski definition) is 2. The topological polar surface area (TPSA) is 12.5 Å². The molecule has 0 aliphatic carbocycles. The molecule has 19 heavy (non-hydrogen) atoms. The molecule has 1 rings (SSSR count). The van der Waals surface area contributed by atoms with Gasteiger partial charge in [0, 0.05) is 18.1 Å². The van der Waals surface area contributed by atoms with E-state index in [1.165, 1.54) is 0 Å². The first kappa shape index (κ1) is 17.7. The Kier molecular flexibility index (Phi) is 9.84. The summed E-state index contributed by atoms with van der Waals surface area (Å²) in [5.41, 5.74) is 1.10. The van der Waals surface area contributed by atoms with E-state index in [0.29, 0.717) is 0 Å². The van der Waals surface area contributed by atoms with Crippen molar-refractivity contribution in [1.29, 1.82) is 0 Å².